The number of methoxy groups -OCH3 is 1. The number of nitrogens with one attached hydrogen (secondary N) is 1. The molecule has 0 aliphatic carbocycles. The Morgan fingerprint density at radius 3 is 2.12 bits per heavy atom. The molecule has 1 heterocycles. The maximum Gasteiger partial charge on any atom is 0.229 e. The first-order chi connectivity index (χ1) is 22.4. The first-order valence-corrected chi connectivity index (χ1v) is 20.1. The van der Waals surface area contributed by atoms with Gasteiger partial charge in [0.25, 0.3) is 0 Å². The number of piperidine rings is 1. The van der Waals surface area contributed by atoms with Gasteiger partial charge in [0.1, 0.15) is 11.5 Å². The Morgan fingerprint density at radius 1 is 0.958 bits per heavy atom. The van der Waals surface area contributed by atoms with Crippen molar-refractivity contribution in [3.05, 3.63) is 94.0 Å². The lowest BCUT2D eigenvalue weighted by Crippen LogP contribution is -2.59. The molecule has 0 bridgehead atoms. The third-order valence-corrected chi connectivity index (χ3v) is 13.7. The molecule has 3 aromatic carbocycles. The van der Waals surface area contributed by atoms with Gasteiger partial charge in [-0.2, -0.15) is 0 Å². The van der Waals surface area contributed by atoms with E-state index in [9.17, 15) is 22.2 Å². The molecule has 260 valence electrons. The molecular formula is C36H44Cl2N2O6S2. The van der Waals surface area contributed by atoms with Crippen LogP contribution in [0.4, 0.5) is 0 Å². The van der Waals surface area contributed by atoms with Crippen molar-refractivity contribution in [2.75, 3.05) is 18.6 Å². The number of benzene rings is 3. The largest absolute Gasteiger partial charge is 0.497 e. The summed E-state index contributed by atoms with van der Waals surface area (Å²) < 4.78 is 54.2. The van der Waals surface area contributed by atoms with Crippen LogP contribution in [0.3, 0.4) is 0 Å². The van der Waals surface area contributed by atoms with E-state index in [-0.39, 0.29) is 35.3 Å². The van der Waals surface area contributed by atoms with Gasteiger partial charge in [0, 0.05) is 33.3 Å². The van der Waals surface area contributed by atoms with Gasteiger partial charge >= 0.3 is 0 Å². The molecule has 1 amide bonds. The number of amides is 1. The summed E-state index contributed by atoms with van der Waals surface area (Å²) >= 11 is 12.8. The molecule has 1 N–H and O–H groups in total. The number of halogens is 2. The van der Waals surface area contributed by atoms with Crippen LogP contribution in [0.1, 0.15) is 70.5 Å². The van der Waals surface area contributed by atoms with Crippen LogP contribution < -0.4 is 4.74 Å². The number of sulfone groups is 1. The lowest BCUT2D eigenvalue weighted by atomic mass is 9.66. The number of ketones is 1. The van der Waals surface area contributed by atoms with E-state index in [0.717, 1.165) is 11.1 Å². The van der Waals surface area contributed by atoms with Crippen LogP contribution in [0.15, 0.2) is 77.7 Å². The normalized spacial score (nSPS) is 22.0. The highest BCUT2D eigenvalue weighted by molar-refractivity contribution is 7.93. The van der Waals surface area contributed by atoms with Crippen molar-refractivity contribution >= 4 is 54.5 Å². The van der Waals surface area contributed by atoms with Crippen LogP contribution in [0.5, 0.6) is 5.75 Å². The van der Waals surface area contributed by atoms with E-state index in [0.29, 0.717) is 15.8 Å². The average molecular weight is 736 g/mol. The fourth-order valence-corrected chi connectivity index (χ4v) is 9.56. The van der Waals surface area contributed by atoms with Crippen LogP contribution in [-0.2, 0) is 29.2 Å². The minimum atomic E-state index is -3.61. The molecule has 1 aliphatic heterocycles. The highest BCUT2D eigenvalue weighted by Gasteiger charge is 2.53. The van der Waals surface area contributed by atoms with E-state index < -0.39 is 59.8 Å². The predicted octanol–water partition coefficient (Wildman–Crippen LogP) is 7.98. The number of carbonyl (C=O) groups is 2. The quantitative estimate of drug-likeness (QED) is 0.190. The number of ether oxygens (including phenoxy) is 1. The zero-order chi connectivity index (χ0) is 35.6. The number of hydrogen-bond donors (Lipinski definition) is 1. The summed E-state index contributed by atoms with van der Waals surface area (Å²) in [6.45, 7) is 8.74. The van der Waals surface area contributed by atoms with Crippen molar-refractivity contribution in [1.82, 2.24) is 4.90 Å². The van der Waals surface area contributed by atoms with Gasteiger partial charge < -0.3 is 9.64 Å². The van der Waals surface area contributed by atoms with E-state index >= 15 is 0 Å². The summed E-state index contributed by atoms with van der Waals surface area (Å²) in [5.74, 6) is -1.83. The molecule has 48 heavy (non-hydrogen) atoms. The topological polar surface area (TPSA) is 122 Å². The predicted molar refractivity (Wildman–Crippen MR) is 192 cm³/mol. The van der Waals surface area contributed by atoms with Crippen molar-refractivity contribution in [3.8, 4) is 5.75 Å². The molecule has 3 aromatic rings. The lowest BCUT2D eigenvalue weighted by Gasteiger charge is -2.53. The lowest BCUT2D eigenvalue weighted by molar-refractivity contribution is -0.157. The fourth-order valence-electron chi connectivity index (χ4n) is 6.53. The van der Waals surface area contributed by atoms with Crippen LogP contribution in [0.2, 0.25) is 10.0 Å². The first-order valence-electron chi connectivity index (χ1n) is 15.9. The van der Waals surface area contributed by atoms with Crippen molar-refractivity contribution in [1.29, 1.82) is 4.78 Å². The summed E-state index contributed by atoms with van der Waals surface area (Å²) in [7, 11) is -5.64. The number of nitrogens with zero attached hydrogens (tertiary/aromatic N) is 1. The monoisotopic (exact) mass is 734 g/mol. The van der Waals surface area contributed by atoms with Crippen molar-refractivity contribution < 1.29 is 27.0 Å². The van der Waals surface area contributed by atoms with Crippen LogP contribution in [0.25, 0.3) is 0 Å². The highest BCUT2D eigenvalue weighted by atomic mass is 35.5. The van der Waals surface area contributed by atoms with E-state index in [2.05, 4.69) is 0 Å². The Balaban J connectivity index is 1.85. The maximum absolute atomic E-state index is 15.0. The van der Waals surface area contributed by atoms with E-state index in [1.165, 1.54) is 19.2 Å². The first kappa shape index (κ1) is 37.9. The molecule has 1 fully saturated rings. The minimum absolute atomic E-state index is 0.191. The Hall–Kier alpha value is -2.92. The molecule has 1 aliphatic rings. The SMILES string of the molecule is COc1ccc([S@](=N)(=O)CC(=O)C[C@@]2(C)C[C@H](c3cccc(Cl)c3)[C@@H](c3ccc(Cl)cc3)N([C@H](CS(=O)(=O)C(C)C)C(C)C)C2=O)cc1. The molecular weight excluding hydrogens is 691 g/mol. The zero-order valence-electron chi connectivity index (χ0n) is 28.1. The Morgan fingerprint density at radius 2 is 1.58 bits per heavy atom. The van der Waals surface area contributed by atoms with E-state index in [1.54, 1.807) is 56.0 Å². The summed E-state index contributed by atoms with van der Waals surface area (Å²) in [5.41, 5.74) is 0.291. The standard InChI is InChI=1S/C36H44Cl2N2O6S2/c1-23(2)33(22-48(44,45)24(3)4)40-34(25-10-12-27(37)13-11-25)32(26-8-7-9-28(38)18-26)20-36(5,35(40)42)19-29(41)21-47(39,43)31-16-14-30(46-6)15-17-31/h7-18,23-24,32-34,39H,19-22H2,1-6H3/t32-,33-,34-,36+,47-/m1/s1. The molecule has 4 rings (SSSR count). The second kappa shape index (κ2) is 14.9. The third kappa shape index (κ3) is 8.44. The summed E-state index contributed by atoms with van der Waals surface area (Å²) in [6, 6.07) is 19.4. The van der Waals surface area contributed by atoms with Gasteiger partial charge in [0.2, 0.25) is 5.91 Å². The average Bonchev–Trinajstić information content (AvgIpc) is 3.01. The molecule has 0 aromatic heterocycles. The highest BCUT2D eigenvalue weighted by Crippen LogP contribution is 2.52. The van der Waals surface area contributed by atoms with Gasteiger partial charge in [-0.05, 0) is 85.8 Å². The Labute approximate surface area is 295 Å². The third-order valence-electron chi connectivity index (χ3n) is 9.23. The molecule has 0 saturated carbocycles. The second-order valence-electron chi connectivity index (χ2n) is 13.5. The zero-order valence-corrected chi connectivity index (χ0v) is 31.3. The van der Waals surface area contributed by atoms with Gasteiger partial charge in [-0.15, -0.1) is 0 Å². The Kier molecular flexibility index (Phi) is 11.8. The molecule has 12 heteroatoms. The summed E-state index contributed by atoms with van der Waals surface area (Å²) in [4.78, 5) is 30.6. The van der Waals surface area contributed by atoms with Gasteiger partial charge in [-0.3, -0.25) is 9.59 Å². The molecule has 5 atom stereocenters. The molecule has 0 radical (unpaired) electrons. The summed E-state index contributed by atoms with van der Waals surface area (Å²) in [5, 5.41) is 0.355. The number of rotatable bonds is 13. The maximum atomic E-state index is 15.0. The molecule has 0 spiro atoms. The van der Waals surface area contributed by atoms with Crippen molar-refractivity contribution in [2.45, 2.75) is 75.6 Å². The van der Waals surface area contributed by atoms with Gasteiger partial charge in [0.05, 0.1) is 45.1 Å². The second-order valence-corrected chi connectivity index (χ2v) is 19.1. The number of likely N-dealkylation sites (tertiary alicyclic amines) is 1. The fraction of sp³-hybridized carbons (Fsp3) is 0.444. The number of Topliss-reactive ketones (excluding diaryl/α,β-unsaturated/α-hetero) is 1. The van der Waals surface area contributed by atoms with Crippen LogP contribution >= 0.6 is 23.2 Å². The van der Waals surface area contributed by atoms with Crippen molar-refractivity contribution in [2.24, 2.45) is 11.3 Å². The van der Waals surface area contributed by atoms with Crippen LogP contribution in [-0.4, -0.2) is 59.1 Å². The minimum Gasteiger partial charge on any atom is -0.497 e. The smallest absolute Gasteiger partial charge is 0.229 e. The molecule has 0 unspecified atom stereocenters. The molecule has 8 nitrogen and oxygen atoms in total. The van der Waals surface area contributed by atoms with Gasteiger partial charge in [-0.1, -0.05) is 68.2 Å². The number of carbonyl (C=O) groups excluding carboxylic acids is 2. The van der Waals surface area contributed by atoms with Gasteiger partial charge in [-0.25, -0.2) is 17.4 Å². The van der Waals surface area contributed by atoms with Crippen molar-refractivity contribution in [3.63, 3.8) is 0 Å². The van der Waals surface area contributed by atoms with Gasteiger partial charge in [0.15, 0.2) is 9.84 Å². The van der Waals surface area contributed by atoms with Crippen LogP contribution in [0, 0.1) is 16.1 Å². The molecule has 1 saturated heterocycles. The van der Waals surface area contributed by atoms with E-state index in [1.807, 2.05) is 44.2 Å². The van der Waals surface area contributed by atoms with E-state index in [4.69, 9.17) is 32.7 Å². The Bertz CT molecular complexity index is 1850. The number of hydrogen-bond acceptors (Lipinski definition) is 7. The summed E-state index contributed by atoms with van der Waals surface area (Å²) in [6.07, 6.45) is -0.0499.